The van der Waals surface area contributed by atoms with Gasteiger partial charge in [0.15, 0.2) is 0 Å². The van der Waals surface area contributed by atoms with E-state index in [0.717, 1.165) is 23.3 Å². The summed E-state index contributed by atoms with van der Waals surface area (Å²) in [6, 6.07) is 9.30. The summed E-state index contributed by atoms with van der Waals surface area (Å²) in [4.78, 5) is 37.7. The highest BCUT2D eigenvalue weighted by Crippen LogP contribution is 2.22. The minimum atomic E-state index is -0.751. The predicted molar refractivity (Wildman–Crippen MR) is 85.8 cm³/mol. The maximum absolute atomic E-state index is 12.7. The predicted octanol–water partition coefficient (Wildman–Crippen LogP) is 2.97. The highest BCUT2D eigenvalue weighted by Gasteiger charge is 2.41. The fourth-order valence-electron chi connectivity index (χ4n) is 2.84. The number of imide groups is 1. The van der Waals surface area contributed by atoms with Crippen molar-refractivity contribution in [2.24, 2.45) is 5.92 Å². The normalized spacial score (nSPS) is 18.6. The molecular formula is C18H23NO4. The van der Waals surface area contributed by atoms with Crippen LogP contribution >= 0.6 is 0 Å². The fourth-order valence-corrected chi connectivity index (χ4v) is 2.84. The van der Waals surface area contributed by atoms with Gasteiger partial charge in [0.25, 0.3) is 0 Å². The van der Waals surface area contributed by atoms with Gasteiger partial charge in [-0.15, -0.1) is 0 Å². The number of carbonyl (C=O) groups excluding carboxylic acids is 3. The molecule has 0 radical (unpaired) electrons. The molecule has 2 rings (SSSR count). The molecule has 1 heterocycles. The molecule has 0 unspecified atom stereocenters. The molecular weight excluding hydrogens is 294 g/mol. The molecule has 1 aliphatic heterocycles. The van der Waals surface area contributed by atoms with E-state index < -0.39 is 17.9 Å². The van der Waals surface area contributed by atoms with Gasteiger partial charge >= 0.3 is 6.09 Å². The van der Waals surface area contributed by atoms with Gasteiger partial charge < -0.3 is 4.74 Å². The van der Waals surface area contributed by atoms with E-state index in [-0.39, 0.29) is 18.4 Å². The first kappa shape index (κ1) is 17.2. The van der Waals surface area contributed by atoms with E-state index in [0.29, 0.717) is 12.8 Å². The highest BCUT2D eigenvalue weighted by molar-refractivity contribution is 6.05. The number of hydrogen-bond donors (Lipinski definition) is 0. The molecule has 0 spiro atoms. The molecule has 1 fully saturated rings. The molecule has 5 heteroatoms. The summed E-state index contributed by atoms with van der Waals surface area (Å²) >= 11 is 0. The van der Waals surface area contributed by atoms with Crippen molar-refractivity contribution in [3.8, 4) is 0 Å². The molecule has 0 saturated carbocycles. The van der Waals surface area contributed by atoms with Crippen molar-refractivity contribution in [1.29, 1.82) is 0 Å². The third kappa shape index (κ3) is 4.18. The minimum Gasteiger partial charge on any atom is -0.447 e. The molecule has 5 nitrogen and oxygen atoms in total. The highest BCUT2D eigenvalue weighted by atomic mass is 16.6. The number of nitrogens with zero attached hydrogens (tertiary/aromatic N) is 1. The van der Waals surface area contributed by atoms with Crippen LogP contribution in [0.5, 0.6) is 0 Å². The quantitative estimate of drug-likeness (QED) is 0.725. The van der Waals surface area contributed by atoms with Gasteiger partial charge in [0.2, 0.25) is 5.91 Å². The molecule has 2 amide bonds. The Labute approximate surface area is 136 Å². The third-order valence-corrected chi connectivity index (χ3v) is 4.15. The number of carbonyl (C=O) groups is 3. The van der Waals surface area contributed by atoms with E-state index >= 15 is 0 Å². The second kappa shape index (κ2) is 7.90. The molecule has 124 valence electrons. The average molecular weight is 317 g/mol. The van der Waals surface area contributed by atoms with Crippen LogP contribution < -0.4 is 0 Å². The van der Waals surface area contributed by atoms with Crippen LogP contribution in [-0.4, -0.2) is 35.3 Å². The lowest BCUT2D eigenvalue weighted by Crippen LogP contribution is -2.45. The first-order valence-electron chi connectivity index (χ1n) is 8.08. The zero-order chi connectivity index (χ0) is 16.8. The van der Waals surface area contributed by atoms with Crippen molar-refractivity contribution in [2.75, 3.05) is 6.61 Å². The molecule has 0 aromatic heterocycles. The van der Waals surface area contributed by atoms with Crippen molar-refractivity contribution < 1.29 is 19.1 Å². The van der Waals surface area contributed by atoms with Crippen LogP contribution in [0.1, 0.15) is 38.7 Å². The first-order valence-corrected chi connectivity index (χ1v) is 8.08. The minimum absolute atomic E-state index is 0.178. The molecule has 0 N–H and O–H groups in total. The third-order valence-electron chi connectivity index (χ3n) is 4.15. The number of rotatable bonds is 7. The molecule has 1 aromatic carbocycles. The number of amides is 2. The summed E-state index contributed by atoms with van der Waals surface area (Å²) < 4.78 is 5.06. The Morgan fingerprint density at radius 3 is 2.61 bits per heavy atom. The SMILES string of the molecule is CCCC[C@H](C(C)=O)C(=O)N1C(=O)OC[C@@H]1Cc1ccccc1. The average Bonchev–Trinajstić information content (AvgIpc) is 2.88. The standard InChI is InChI=1S/C18H23NO4/c1-3-4-10-16(13(2)20)17(21)19-15(12-23-18(19)22)11-14-8-6-5-7-9-14/h5-9,15-16H,3-4,10-12H2,1-2H3/t15-,16+/m0/s1. The smallest absolute Gasteiger partial charge is 0.417 e. The molecule has 2 atom stereocenters. The zero-order valence-corrected chi connectivity index (χ0v) is 13.7. The lowest BCUT2D eigenvalue weighted by molar-refractivity contribution is -0.139. The number of hydrogen-bond acceptors (Lipinski definition) is 4. The van der Waals surface area contributed by atoms with Crippen molar-refractivity contribution >= 4 is 17.8 Å². The van der Waals surface area contributed by atoms with Gasteiger partial charge in [-0.1, -0.05) is 50.1 Å². The van der Waals surface area contributed by atoms with Gasteiger partial charge in [0.1, 0.15) is 12.4 Å². The molecule has 0 aliphatic carbocycles. The Morgan fingerprint density at radius 1 is 1.30 bits per heavy atom. The summed E-state index contributed by atoms with van der Waals surface area (Å²) in [5, 5.41) is 0. The van der Waals surface area contributed by atoms with Gasteiger partial charge in [-0.2, -0.15) is 0 Å². The maximum Gasteiger partial charge on any atom is 0.417 e. The molecule has 0 bridgehead atoms. The van der Waals surface area contributed by atoms with Crippen LogP contribution in [0.4, 0.5) is 4.79 Å². The Kier molecular flexibility index (Phi) is 5.90. The molecule has 1 aliphatic rings. The van der Waals surface area contributed by atoms with Crippen LogP contribution in [-0.2, 0) is 20.7 Å². The summed E-state index contributed by atoms with van der Waals surface area (Å²) in [5.74, 6) is -1.37. The van der Waals surface area contributed by atoms with Gasteiger partial charge in [-0.05, 0) is 25.3 Å². The molecule has 23 heavy (non-hydrogen) atoms. The van der Waals surface area contributed by atoms with E-state index in [2.05, 4.69) is 0 Å². The summed E-state index contributed by atoms with van der Waals surface area (Å²) in [7, 11) is 0. The maximum atomic E-state index is 12.7. The summed E-state index contributed by atoms with van der Waals surface area (Å²) in [6.07, 6.45) is 2.05. The van der Waals surface area contributed by atoms with E-state index in [1.807, 2.05) is 37.3 Å². The second-order valence-electron chi connectivity index (χ2n) is 5.93. The van der Waals surface area contributed by atoms with E-state index in [9.17, 15) is 14.4 Å². The number of ketones is 1. The number of Topliss-reactive ketones (excluding diaryl/α,β-unsaturated/α-hetero) is 1. The number of unbranched alkanes of at least 4 members (excludes halogenated alkanes) is 1. The lowest BCUT2D eigenvalue weighted by atomic mass is 9.95. The largest absolute Gasteiger partial charge is 0.447 e. The Bertz CT molecular complexity index is 570. The molecule has 1 saturated heterocycles. The summed E-state index contributed by atoms with van der Waals surface area (Å²) in [6.45, 7) is 3.59. The lowest BCUT2D eigenvalue weighted by Gasteiger charge is -2.23. The van der Waals surface area contributed by atoms with Crippen molar-refractivity contribution in [1.82, 2.24) is 4.90 Å². The summed E-state index contributed by atoms with van der Waals surface area (Å²) in [5.41, 5.74) is 1.03. The molecule has 1 aromatic rings. The van der Waals surface area contributed by atoms with Crippen LogP contribution in [0.25, 0.3) is 0 Å². The van der Waals surface area contributed by atoms with Gasteiger partial charge in [0, 0.05) is 0 Å². The zero-order valence-electron chi connectivity index (χ0n) is 13.7. The van der Waals surface area contributed by atoms with Gasteiger partial charge in [-0.3, -0.25) is 9.59 Å². The Hall–Kier alpha value is -2.17. The first-order chi connectivity index (χ1) is 11.0. The number of ether oxygens (including phenoxy) is 1. The van der Waals surface area contributed by atoms with E-state index in [1.54, 1.807) is 0 Å². The van der Waals surface area contributed by atoms with Crippen LogP contribution in [0.3, 0.4) is 0 Å². The van der Waals surface area contributed by atoms with Crippen molar-refractivity contribution in [3.05, 3.63) is 35.9 Å². The second-order valence-corrected chi connectivity index (χ2v) is 5.93. The van der Waals surface area contributed by atoms with Crippen molar-refractivity contribution in [2.45, 2.75) is 45.6 Å². The van der Waals surface area contributed by atoms with Gasteiger partial charge in [0.05, 0.1) is 12.0 Å². The Balaban J connectivity index is 2.14. The van der Waals surface area contributed by atoms with Crippen LogP contribution in [0.15, 0.2) is 30.3 Å². The van der Waals surface area contributed by atoms with E-state index in [4.69, 9.17) is 4.74 Å². The number of cyclic esters (lactones) is 1. The van der Waals surface area contributed by atoms with Crippen LogP contribution in [0, 0.1) is 5.92 Å². The van der Waals surface area contributed by atoms with Crippen LogP contribution in [0.2, 0.25) is 0 Å². The Morgan fingerprint density at radius 2 is 2.00 bits per heavy atom. The fraction of sp³-hybridized carbons (Fsp3) is 0.500. The van der Waals surface area contributed by atoms with Gasteiger partial charge in [-0.25, -0.2) is 9.69 Å². The monoisotopic (exact) mass is 317 g/mol. The van der Waals surface area contributed by atoms with Crippen molar-refractivity contribution in [3.63, 3.8) is 0 Å². The van der Waals surface area contributed by atoms with E-state index in [1.165, 1.54) is 6.92 Å². The number of benzene rings is 1. The topological polar surface area (TPSA) is 63.7 Å².